The summed E-state index contributed by atoms with van der Waals surface area (Å²) in [4.78, 5) is 36.4. The number of rotatable bonds is 4. The lowest BCUT2D eigenvalue weighted by atomic mass is 10.1. The Morgan fingerprint density at radius 3 is 2.58 bits per heavy atom. The lowest BCUT2D eigenvalue weighted by Gasteiger charge is -2.16. The number of non-ortho nitro benzene ring substituents is 1. The molecule has 1 aliphatic rings. The molecule has 1 N–H and O–H groups in total. The second-order valence-corrected chi connectivity index (χ2v) is 6.54. The van der Waals surface area contributed by atoms with Crippen molar-refractivity contribution in [2.24, 2.45) is 5.92 Å². The molecule has 26 heavy (non-hydrogen) atoms. The van der Waals surface area contributed by atoms with Gasteiger partial charge in [0.25, 0.3) is 5.69 Å². The highest BCUT2D eigenvalue weighted by molar-refractivity contribution is 6.31. The van der Waals surface area contributed by atoms with E-state index in [2.05, 4.69) is 5.32 Å². The first-order valence-corrected chi connectivity index (χ1v) is 8.35. The van der Waals surface area contributed by atoms with Crippen molar-refractivity contribution >= 4 is 40.5 Å². The van der Waals surface area contributed by atoms with Gasteiger partial charge < -0.3 is 10.2 Å². The van der Waals surface area contributed by atoms with Gasteiger partial charge in [-0.2, -0.15) is 0 Å². The first-order chi connectivity index (χ1) is 12.3. The Bertz CT molecular complexity index is 883. The van der Waals surface area contributed by atoms with Crippen LogP contribution in [0.15, 0.2) is 42.5 Å². The van der Waals surface area contributed by atoms with E-state index in [1.807, 2.05) is 6.92 Å². The van der Waals surface area contributed by atoms with E-state index in [4.69, 9.17) is 11.6 Å². The summed E-state index contributed by atoms with van der Waals surface area (Å²) in [6.45, 7) is 2.09. The van der Waals surface area contributed by atoms with Gasteiger partial charge in [-0.15, -0.1) is 0 Å². The van der Waals surface area contributed by atoms with Crippen molar-refractivity contribution in [3.05, 3.63) is 63.2 Å². The maximum atomic E-state index is 12.5. The second kappa shape index (κ2) is 7.13. The van der Waals surface area contributed by atoms with Gasteiger partial charge in [0.1, 0.15) is 0 Å². The van der Waals surface area contributed by atoms with Crippen LogP contribution in [0.5, 0.6) is 0 Å². The predicted molar refractivity (Wildman–Crippen MR) is 98.4 cm³/mol. The molecular formula is C18H16ClN3O4. The number of anilines is 2. The van der Waals surface area contributed by atoms with Crippen LogP contribution < -0.4 is 10.2 Å². The van der Waals surface area contributed by atoms with Crippen molar-refractivity contribution in [2.45, 2.75) is 13.3 Å². The number of hydrogen-bond acceptors (Lipinski definition) is 4. The van der Waals surface area contributed by atoms with Gasteiger partial charge in [-0.25, -0.2) is 0 Å². The van der Waals surface area contributed by atoms with Gasteiger partial charge in [-0.05, 0) is 36.8 Å². The molecule has 2 amide bonds. The molecule has 0 spiro atoms. The average Bonchev–Trinajstić information content (AvgIpc) is 3.00. The Morgan fingerprint density at radius 1 is 1.27 bits per heavy atom. The highest BCUT2D eigenvalue weighted by Crippen LogP contribution is 2.28. The largest absolute Gasteiger partial charge is 0.326 e. The number of nitro groups is 1. The molecule has 0 unspecified atom stereocenters. The topological polar surface area (TPSA) is 92.6 Å². The molecule has 7 nitrogen and oxygen atoms in total. The molecule has 0 bridgehead atoms. The van der Waals surface area contributed by atoms with Crippen LogP contribution in [0.4, 0.5) is 17.1 Å². The number of carbonyl (C=O) groups is 2. The highest BCUT2D eigenvalue weighted by Gasteiger charge is 2.35. The fraction of sp³-hybridized carbons (Fsp3) is 0.222. The van der Waals surface area contributed by atoms with Gasteiger partial charge in [-0.3, -0.25) is 19.7 Å². The van der Waals surface area contributed by atoms with Crippen LogP contribution in [0, 0.1) is 23.0 Å². The first-order valence-electron chi connectivity index (χ1n) is 7.97. The van der Waals surface area contributed by atoms with Crippen LogP contribution in [0.25, 0.3) is 0 Å². The Hall–Kier alpha value is -2.93. The molecule has 1 heterocycles. The quantitative estimate of drug-likeness (QED) is 0.655. The Labute approximate surface area is 154 Å². The summed E-state index contributed by atoms with van der Waals surface area (Å²) in [5.41, 5.74) is 1.97. The smallest absolute Gasteiger partial charge is 0.269 e. The number of hydrogen-bond donors (Lipinski definition) is 1. The third-order valence-electron chi connectivity index (χ3n) is 4.31. The minimum Gasteiger partial charge on any atom is -0.326 e. The predicted octanol–water partition coefficient (Wildman–Crippen LogP) is 3.55. The van der Waals surface area contributed by atoms with E-state index >= 15 is 0 Å². The molecule has 2 aromatic carbocycles. The Kier molecular flexibility index (Phi) is 4.90. The number of nitro benzene ring substituents is 1. The fourth-order valence-corrected chi connectivity index (χ4v) is 2.98. The van der Waals surface area contributed by atoms with E-state index in [1.54, 1.807) is 18.2 Å². The van der Waals surface area contributed by atoms with Crippen LogP contribution in [0.3, 0.4) is 0 Å². The molecule has 0 radical (unpaired) electrons. The molecule has 2 aromatic rings. The van der Waals surface area contributed by atoms with Crippen molar-refractivity contribution in [1.82, 2.24) is 0 Å². The number of amides is 2. The van der Waals surface area contributed by atoms with Gasteiger partial charge >= 0.3 is 0 Å². The molecule has 3 rings (SSSR count). The zero-order chi connectivity index (χ0) is 18.8. The summed E-state index contributed by atoms with van der Waals surface area (Å²) in [7, 11) is 0. The number of nitrogens with one attached hydrogen (secondary N) is 1. The maximum Gasteiger partial charge on any atom is 0.269 e. The van der Waals surface area contributed by atoms with E-state index in [0.717, 1.165) is 5.56 Å². The van der Waals surface area contributed by atoms with Gasteiger partial charge in [0.15, 0.2) is 0 Å². The molecule has 0 aliphatic carbocycles. The lowest BCUT2D eigenvalue weighted by Crippen LogP contribution is -2.28. The fourth-order valence-electron chi connectivity index (χ4n) is 2.80. The second-order valence-electron chi connectivity index (χ2n) is 6.13. The van der Waals surface area contributed by atoms with Crippen molar-refractivity contribution < 1.29 is 14.5 Å². The van der Waals surface area contributed by atoms with Crippen molar-refractivity contribution in [2.75, 3.05) is 16.8 Å². The SMILES string of the molecule is Cc1ccc(NC(=O)[C@H]2CC(=O)N(c3ccc([N+](=O)[O-])cc3)C2)cc1Cl. The van der Waals surface area contributed by atoms with Crippen LogP contribution in [-0.4, -0.2) is 23.3 Å². The Balaban J connectivity index is 1.69. The number of nitrogens with zero attached hydrogens (tertiary/aromatic N) is 2. The van der Waals surface area contributed by atoms with Crippen LogP contribution in [-0.2, 0) is 9.59 Å². The lowest BCUT2D eigenvalue weighted by molar-refractivity contribution is -0.384. The summed E-state index contributed by atoms with van der Waals surface area (Å²) in [5, 5.41) is 14.1. The molecule has 8 heteroatoms. The van der Waals surface area contributed by atoms with E-state index in [-0.39, 0.29) is 30.5 Å². The zero-order valence-electron chi connectivity index (χ0n) is 13.9. The summed E-state index contributed by atoms with van der Waals surface area (Å²) in [6, 6.07) is 10.9. The summed E-state index contributed by atoms with van der Waals surface area (Å²) >= 11 is 6.06. The van der Waals surface area contributed by atoms with E-state index in [1.165, 1.54) is 29.2 Å². The van der Waals surface area contributed by atoms with Gasteiger partial charge in [-0.1, -0.05) is 17.7 Å². The first kappa shape index (κ1) is 17.9. The number of benzene rings is 2. The standard InChI is InChI=1S/C18H16ClN3O4/c1-11-2-3-13(9-16(11)19)20-18(24)12-8-17(23)21(10-12)14-4-6-15(7-5-14)22(25)26/h2-7,9,12H,8,10H2,1H3,(H,20,24)/t12-/m0/s1. The highest BCUT2D eigenvalue weighted by atomic mass is 35.5. The third-order valence-corrected chi connectivity index (χ3v) is 4.71. The number of halogens is 1. The minimum absolute atomic E-state index is 0.0501. The van der Waals surface area contributed by atoms with E-state index in [9.17, 15) is 19.7 Å². The van der Waals surface area contributed by atoms with Crippen LogP contribution >= 0.6 is 11.6 Å². The summed E-state index contributed by atoms with van der Waals surface area (Å²) in [6.07, 6.45) is 0.0857. The van der Waals surface area contributed by atoms with Crippen molar-refractivity contribution in [3.63, 3.8) is 0 Å². The third kappa shape index (κ3) is 3.67. The molecule has 0 saturated carbocycles. The van der Waals surface area contributed by atoms with Gasteiger partial charge in [0.2, 0.25) is 11.8 Å². The summed E-state index contributed by atoms with van der Waals surface area (Å²) < 4.78 is 0. The maximum absolute atomic E-state index is 12.5. The zero-order valence-corrected chi connectivity index (χ0v) is 14.7. The normalized spacial score (nSPS) is 16.6. The van der Waals surface area contributed by atoms with Crippen molar-refractivity contribution in [1.29, 1.82) is 0 Å². The number of aryl methyl sites for hydroxylation is 1. The molecule has 134 valence electrons. The van der Waals surface area contributed by atoms with E-state index < -0.39 is 10.8 Å². The molecule has 1 aliphatic heterocycles. The van der Waals surface area contributed by atoms with Crippen LogP contribution in [0.1, 0.15) is 12.0 Å². The van der Waals surface area contributed by atoms with Gasteiger partial charge in [0.05, 0.1) is 10.8 Å². The molecular weight excluding hydrogens is 358 g/mol. The van der Waals surface area contributed by atoms with Crippen molar-refractivity contribution in [3.8, 4) is 0 Å². The monoisotopic (exact) mass is 373 g/mol. The molecule has 1 atom stereocenters. The minimum atomic E-state index is -0.502. The Morgan fingerprint density at radius 2 is 1.96 bits per heavy atom. The molecule has 0 aromatic heterocycles. The number of carbonyl (C=O) groups excluding carboxylic acids is 2. The molecule has 1 saturated heterocycles. The summed E-state index contributed by atoms with van der Waals surface area (Å²) in [5.74, 6) is -0.957. The average molecular weight is 374 g/mol. The van der Waals surface area contributed by atoms with Gasteiger partial charge in [0, 0.05) is 41.5 Å². The van der Waals surface area contributed by atoms with Crippen LogP contribution in [0.2, 0.25) is 5.02 Å². The molecule has 1 fully saturated rings. The van der Waals surface area contributed by atoms with E-state index in [0.29, 0.717) is 16.4 Å².